The molecule has 3 rings (SSSR count). The number of nitrogens with zero attached hydrogens (tertiary/aromatic N) is 1. The number of amides is 2. The van der Waals surface area contributed by atoms with Gasteiger partial charge in [0.25, 0.3) is 5.91 Å². The SMILES string of the molecule is C[C@@H](c1ccccc1)N1C(=O)[C@H](NC(=O)OC(C)(C)C)Cc2ccc(C(=O)O)cc21. The molecule has 1 aliphatic heterocycles. The zero-order chi connectivity index (χ0) is 22.1. The average molecular weight is 410 g/mol. The van der Waals surface area contributed by atoms with E-state index >= 15 is 0 Å². The van der Waals surface area contributed by atoms with Crippen LogP contribution < -0.4 is 10.2 Å². The lowest BCUT2D eigenvalue weighted by atomic mass is 9.93. The number of carbonyl (C=O) groups excluding carboxylic acids is 2. The Balaban J connectivity index is 1.99. The van der Waals surface area contributed by atoms with Gasteiger partial charge in [-0.1, -0.05) is 36.4 Å². The van der Waals surface area contributed by atoms with Crippen LogP contribution in [0.1, 0.15) is 55.2 Å². The van der Waals surface area contributed by atoms with Gasteiger partial charge in [-0.3, -0.25) is 4.79 Å². The van der Waals surface area contributed by atoms with Crippen LogP contribution in [0.4, 0.5) is 10.5 Å². The maximum atomic E-state index is 13.4. The summed E-state index contributed by atoms with van der Waals surface area (Å²) >= 11 is 0. The highest BCUT2D eigenvalue weighted by molar-refractivity contribution is 6.03. The molecule has 0 aliphatic carbocycles. The molecule has 2 aromatic rings. The summed E-state index contributed by atoms with van der Waals surface area (Å²) < 4.78 is 5.31. The smallest absolute Gasteiger partial charge is 0.408 e. The lowest BCUT2D eigenvalue weighted by molar-refractivity contribution is -0.121. The molecule has 1 heterocycles. The van der Waals surface area contributed by atoms with Crippen molar-refractivity contribution in [3.8, 4) is 0 Å². The highest BCUT2D eigenvalue weighted by atomic mass is 16.6. The quantitative estimate of drug-likeness (QED) is 0.796. The van der Waals surface area contributed by atoms with Crippen LogP contribution in [0.15, 0.2) is 48.5 Å². The number of hydrogen-bond acceptors (Lipinski definition) is 4. The minimum Gasteiger partial charge on any atom is -0.478 e. The molecule has 158 valence electrons. The number of carboxylic acids is 1. The Kier molecular flexibility index (Phi) is 5.82. The van der Waals surface area contributed by atoms with E-state index in [1.165, 1.54) is 12.1 Å². The van der Waals surface area contributed by atoms with Crippen molar-refractivity contribution < 1.29 is 24.2 Å². The molecule has 2 N–H and O–H groups in total. The van der Waals surface area contributed by atoms with Crippen molar-refractivity contribution in [1.29, 1.82) is 0 Å². The Hall–Kier alpha value is -3.35. The van der Waals surface area contributed by atoms with Crippen molar-refractivity contribution in [2.75, 3.05) is 4.90 Å². The van der Waals surface area contributed by atoms with E-state index in [1.54, 1.807) is 31.7 Å². The number of carboxylic acid groups (broad SMARTS) is 1. The zero-order valence-corrected chi connectivity index (χ0v) is 17.5. The Morgan fingerprint density at radius 2 is 1.83 bits per heavy atom. The molecular weight excluding hydrogens is 384 g/mol. The molecule has 0 aromatic heterocycles. The lowest BCUT2D eigenvalue weighted by Gasteiger charge is -2.38. The number of fused-ring (bicyclic) bond motifs is 1. The lowest BCUT2D eigenvalue weighted by Crippen LogP contribution is -2.54. The number of aromatic carboxylic acids is 1. The van der Waals surface area contributed by atoms with Crippen LogP contribution >= 0.6 is 0 Å². The third kappa shape index (κ3) is 4.62. The van der Waals surface area contributed by atoms with Gasteiger partial charge in [-0.2, -0.15) is 0 Å². The topological polar surface area (TPSA) is 95.9 Å². The Bertz CT molecular complexity index is 965. The van der Waals surface area contributed by atoms with Gasteiger partial charge in [0, 0.05) is 12.1 Å². The maximum Gasteiger partial charge on any atom is 0.408 e. The van der Waals surface area contributed by atoms with E-state index in [-0.39, 0.29) is 23.9 Å². The molecule has 0 spiro atoms. The molecule has 0 bridgehead atoms. The molecule has 0 unspecified atom stereocenters. The van der Waals surface area contributed by atoms with Crippen LogP contribution in [-0.2, 0) is 16.0 Å². The summed E-state index contributed by atoms with van der Waals surface area (Å²) in [5.74, 6) is -1.38. The summed E-state index contributed by atoms with van der Waals surface area (Å²) in [6, 6.07) is 13.0. The number of benzene rings is 2. The van der Waals surface area contributed by atoms with Crippen molar-refractivity contribution in [3.05, 3.63) is 65.2 Å². The van der Waals surface area contributed by atoms with Crippen molar-refractivity contribution >= 4 is 23.7 Å². The van der Waals surface area contributed by atoms with Gasteiger partial charge in [-0.15, -0.1) is 0 Å². The van der Waals surface area contributed by atoms with Crippen LogP contribution in [0, 0.1) is 0 Å². The highest BCUT2D eigenvalue weighted by Crippen LogP contribution is 2.35. The summed E-state index contributed by atoms with van der Waals surface area (Å²) in [6.45, 7) is 7.13. The van der Waals surface area contributed by atoms with E-state index in [4.69, 9.17) is 4.74 Å². The molecule has 1 aliphatic rings. The van der Waals surface area contributed by atoms with Gasteiger partial charge in [-0.25, -0.2) is 9.59 Å². The molecule has 7 nitrogen and oxygen atoms in total. The van der Waals surface area contributed by atoms with Gasteiger partial charge < -0.3 is 20.1 Å². The minimum absolute atomic E-state index is 0.102. The number of nitrogens with one attached hydrogen (secondary N) is 1. The number of carbonyl (C=O) groups is 3. The summed E-state index contributed by atoms with van der Waals surface area (Å²) in [6.07, 6.45) is -0.413. The fourth-order valence-corrected chi connectivity index (χ4v) is 3.53. The van der Waals surface area contributed by atoms with Crippen molar-refractivity contribution in [1.82, 2.24) is 5.32 Å². The van der Waals surface area contributed by atoms with Crippen LogP contribution in [0.3, 0.4) is 0 Å². The summed E-state index contributed by atoms with van der Waals surface area (Å²) in [4.78, 5) is 38.7. The summed E-state index contributed by atoms with van der Waals surface area (Å²) in [5.41, 5.74) is 1.63. The fourth-order valence-electron chi connectivity index (χ4n) is 3.53. The van der Waals surface area contributed by atoms with Gasteiger partial charge in [0.2, 0.25) is 0 Å². The van der Waals surface area contributed by atoms with Gasteiger partial charge in [0.1, 0.15) is 11.6 Å². The second-order valence-corrected chi connectivity index (χ2v) is 8.35. The molecule has 2 aromatic carbocycles. The van der Waals surface area contributed by atoms with Gasteiger partial charge >= 0.3 is 12.1 Å². The Morgan fingerprint density at radius 3 is 2.43 bits per heavy atom. The van der Waals surface area contributed by atoms with Crippen LogP contribution in [0.2, 0.25) is 0 Å². The standard InChI is InChI=1S/C23H26N2O5/c1-14(15-8-6-5-7-9-15)25-19-13-17(21(27)28)11-10-16(19)12-18(20(25)26)24-22(29)30-23(2,3)4/h5-11,13-14,18H,12H2,1-4H3,(H,24,29)(H,27,28)/t14-,18+/m0/s1. The number of anilines is 1. The number of alkyl carbamates (subject to hydrolysis) is 1. The first kappa shape index (κ1) is 21.4. The molecule has 7 heteroatoms. The van der Waals surface area contributed by atoms with Crippen LogP contribution in [-0.4, -0.2) is 34.7 Å². The third-order valence-corrected chi connectivity index (χ3v) is 4.91. The van der Waals surface area contributed by atoms with E-state index < -0.39 is 23.7 Å². The molecule has 0 fully saturated rings. The van der Waals surface area contributed by atoms with Crippen molar-refractivity contribution in [3.63, 3.8) is 0 Å². The first-order chi connectivity index (χ1) is 14.1. The second kappa shape index (κ2) is 8.18. The second-order valence-electron chi connectivity index (χ2n) is 8.35. The van der Waals surface area contributed by atoms with Crippen molar-refractivity contribution in [2.24, 2.45) is 0 Å². The summed E-state index contributed by atoms with van der Waals surface area (Å²) in [7, 11) is 0. The molecule has 0 saturated carbocycles. The van der Waals surface area contributed by atoms with Crippen LogP contribution in [0.25, 0.3) is 0 Å². The first-order valence-electron chi connectivity index (χ1n) is 9.80. The normalized spacial score (nSPS) is 17.1. The molecule has 0 radical (unpaired) electrons. The third-order valence-electron chi connectivity index (χ3n) is 4.91. The predicted octanol–water partition coefficient (Wildman–Crippen LogP) is 3.93. The fraction of sp³-hybridized carbons (Fsp3) is 0.348. The molecule has 2 atom stereocenters. The van der Waals surface area contributed by atoms with Crippen molar-refractivity contribution in [2.45, 2.75) is 51.8 Å². The predicted molar refractivity (Wildman–Crippen MR) is 113 cm³/mol. The molecule has 2 amide bonds. The maximum absolute atomic E-state index is 13.4. The number of rotatable bonds is 4. The van der Waals surface area contributed by atoms with Gasteiger partial charge in [0.05, 0.1) is 11.6 Å². The largest absolute Gasteiger partial charge is 0.478 e. The highest BCUT2D eigenvalue weighted by Gasteiger charge is 2.37. The Morgan fingerprint density at radius 1 is 1.17 bits per heavy atom. The molecule has 0 saturated heterocycles. The number of ether oxygens (including phenoxy) is 1. The average Bonchev–Trinajstić information content (AvgIpc) is 2.67. The first-order valence-corrected chi connectivity index (χ1v) is 9.80. The van der Waals surface area contributed by atoms with E-state index in [0.717, 1.165) is 11.1 Å². The number of hydrogen-bond donors (Lipinski definition) is 2. The van der Waals surface area contributed by atoms with E-state index in [0.29, 0.717) is 5.69 Å². The monoisotopic (exact) mass is 410 g/mol. The van der Waals surface area contributed by atoms with Crippen LogP contribution in [0.5, 0.6) is 0 Å². The molecular formula is C23H26N2O5. The zero-order valence-electron chi connectivity index (χ0n) is 17.5. The van der Waals surface area contributed by atoms with E-state index in [2.05, 4.69) is 5.32 Å². The van der Waals surface area contributed by atoms with Gasteiger partial charge in [0.15, 0.2) is 0 Å². The van der Waals surface area contributed by atoms with E-state index in [9.17, 15) is 19.5 Å². The Labute approximate surface area is 175 Å². The molecule has 30 heavy (non-hydrogen) atoms. The van der Waals surface area contributed by atoms with Gasteiger partial charge in [-0.05, 0) is 51.0 Å². The van der Waals surface area contributed by atoms with E-state index in [1.807, 2.05) is 37.3 Å². The minimum atomic E-state index is -1.06. The summed E-state index contributed by atoms with van der Waals surface area (Å²) in [5, 5.41) is 12.1.